The minimum atomic E-state index is 0.0678. The van der Waals surface area contributed by atoms with Crippen molar-refractivity contribution in [3.63, 3.8) is 0 Å². The molecule has 1 aromatic carbocycles. The van der Waals surface area contributed by atoms with Crippen LogP contribution in [0.1, 0.15) is 13.8 Å². The van der Waals surface area contributed by atoms with Crippen molar-refractivity contribution in [2.75, 3.05) is 38.2 Å². The normalized spacial score (nSPS) is 15.6. The van der Waals surface area contributed by atoms with Crippen molar-refractivity contribution < 1.29 is 9.53 Å². The van der Waals surface area contributed by atoms with Crippen LogP contribution in [-0.4, -0.2) is 49.1 Å². The SMILES string of the molecule is COc1cccc2sc(N3CCN(C(=O)C(C)C)CC3)nc12. The highest BCUT2D eigenvalue weighted by atomic mass is 32.1. The van der Waals surface area contributed by atoms with E-state index in [9.17, 15) is 4.79 Å². The van der Waals surface area contributed by atoms with Gasteiger partial charge in [0, 0.05) is 32.1 Å². The molecule has 0 radical (unpaired) electrons. The van der Waals surface area contributed by atoms with E-state index in [4.69, 9.17) is 9.72 Å². The quantitative estimate of drug-likeness (QED) is 0.872. The number of rotatable bonds is 3. The number of aromatic nitrogens is 1. The molecular formula is C16H21N3O2S. The second-order valence-corrected chi connectivity index (χ2v) is 6.78. The third kappa shape index (κ3) is 2.75. The second kappa shape index (κ2) is 6.12. The number of nitrogens with zero attached hydrogens (tertiary/aromatic N) is 3. The molecule has 118 valence electrons. The zero-order chi connectivity index (χ0) is 15.7. The van der Waals surface area contributed by atoms with Gasteiger partial charge in [-0.2, -0.15) is 0 Å². The van der Waals surface area contributed by atoms with Gasteiger partial charge in [-0.05, 0) is 12.1 Å². The average molecular weight is 319 g/mol. The zero-order valence-electron chi connectivity index (χ0n) is 13.2. The van der Waals surface area contributed by atoms with Gasteiger partial charge in [0.2, 0.25) is 5.91 Å². The topological polar surface area (TPSA) is 45.7 Å². The highest BCUT2D eigenvalue weighted by molar-refractivity contribution is 7.22. The summed E-state index contributed by atoms with van der Waals surface area (Å²) in [6.07, 6.45) is 0. The predicted octanol–water partition coefficient (Wildman–Crippen LogP) is 2.61. The maximum Gasteiger partial charge on any atom is 0.225 e. The Morgan fingerprint density at radius 2 is 2.00 bits per heavy atom. The molecule has 1 saturated heterocycles. The molecule has 0 N–H and O–H groups in total. The van der Waals surface area contributed by atoms with Gasteiger partial charge in [-0.3, -0.25) is 4.79 Å². The minimum absolute atomic E-state index is 0.0678. The predicted molar refractivity (Wildman–Crippen MR) is 89.8 cm³/mol. The molecular weight excluding hydrogens is 298 g/mol. The number of fused-ring (bicyclic) bond motifs is 1. The van der Waals surface area contributed by atoms with Gasteiger partial charge in [0.15, 0.2) is 5.13 Å². The van der Waals surface area contributed by atoms with Crippen LogP contribution >= 0.6 is 11.3 Å². The number of piperazine rings is 1. The van der Waals surface area contributed by atoms with E-state index in [0.717, 1.165) is 47.3 Å². The molecule has 6 heteroatoms. The summed E-state index contributed by atoms with van der Waals surface area (Å²) in [6.45, 7) is 7.11. The average Bonchev–Trinajstić information content (AvgIpc) is 2.98. The smallest absolute Gasteiger partial charge is 0.225 e. The standard InChI is InChI=1S/C16H21N3O2S/c1-11(2)15(20)18-7-9-19(10-8-18)16-17-14-12(21-3)5-4-6-13(14)22-16/h4-6,11H,7-10H2,1-3H3. The Kier molecular flexibility index (Phi) is 4.20. The first-order valence-corrected chi connectivity index (χ1v) is 8.39. The van der Waals surface area contributed by atoms with E-state index in [-0.39, 0.29) is 11.8 Å². The van der Waals surface area contributed by atoms with Crippen molar-refractivity contribution in [1.82, 2.24) is 9.88 Å². The number of benzene rings is 1. The molecule has 0 aliphatic carbocycles. The number of carbonyl (C=O) groups is 1. The highest BCUT2D eigenvalue weighted by Gasteiger charge is 2.24. The fourth-order valence-electron chi connectivity index (χ4n) is 2.69. The van der Waals surface area contributed by atoms with E-state index in [1.54, 1.807) is 18.4 Å². The Balaban J connectivity index is 1.75. The van der Waals surface area contributed by atoms with Gasteiger partial charge in [0.1, 0.15) is 11.3 Å². The molecule has 1 aromatic heterocycles. The van der Waals surface area contributed by atoms with E-state index in [1.807, 2.05) is 30.9 Å². The number of amides is 1. The molecule has 0 saturated carbocycles. The van der Waals surface area contributed by atoms with Gasteiger partial charge >= 0.3 is 0 Å². The molecule has 5 nitrogen and oxygen atoms in total. The van der Waals surface area contributed by atoms with E-state index < -0.39 is 0 Å². The molecule has 1 aliphatic heterocycles. The first kappa shape index (κ1) is 15.1. The molecule has 0 unspecified atom stereocenters. The molecule has 2 aromatic rings. The zero-order valence-corrected chi connectivity index (χ0v) is 14.0. The van der Waals surface area contributed by atoms with Crippen LogP contribution in [0.2, 0.25) is 0 Å². The highest BCUT2D eigenvalue weighted by Crippen LogP contribution is 2.34. The summed E-state index contributed by atoms with van der Waals surface area (Å²) >= 11 is 1.68. The molecule has 2 heterocycles. The third-order valence-corrected chi connectivity index (χ3v) is 5.03. The van der Waals surface area contributed by atoms with Crippen LogP contribution in [0.3, 0.4) is 0 Å². The summed E-state index contributed by atoms with van der Waals surface area (Å²) in [5, 5.41) is 1.01. The Labute approximate surface area is 134 Å². The van der Waals surface area contributed by atoms with E-state index >= 15 is 0 Å². The molecule has 1 aliphatic rings. The van der Waals surface area contributed by atoms with Gasteiger partial charge < -0.3 is 14.5 Å². The fourth-order valence-corrected chi connectivity index (χ4v) is 3.73. The van der Waals surface area contributed by atoms with Crippen LogP contribution in [-0.2, 0) is 4.79 Å². The summed E-state index contributed by atoms with van der Waals surface area (Å²) in [4.78, 5) is 21.0. The van der Waals surface area contributed by atoms with Crippen LogP contribution in [0.4, 0.5) is 5.13 Å². The van der Waals surface area contributed by atoms with Crippen molar-refractivity contribution in [3.8, 4) is 5.75 Å². The number of para-hydroxylation sites is 1. The largest absolute Gasteiger partial charge is 0.494 e. The Morgan fingerprint density at radius 1 is 1.27 bits per heavy atom. The summed E-state index contributed by atoms with van der Waals surface area (Å²) < 4.78 is 6.51. The lowest BCUT2D eigenvalue weighted by Crippen LogP contribution is -2.49. The molecule has 1 amide bonds. The van der Waals surface area contributed by atoms with Crippen LogP contribution in [0.5, 0.6) is 5.75 Å². The monoisotopic (exact) mass is 319 g/mol. The van der Waals surface area contributed by atoms with Crippen LogP contribution < -0.4 is 9.64 Å². The second-order valence-electron chi connectivity index (χ2n) is 5.77. The third-order valence-electron chi connectivity index (χ3n) is 3.95. The summed E-state index contributed by atoms with van der Waals surface area (Å²) in [6, 6.07) is 5.99. The number of anilines is 1. The summed E-state index contributed by atoms with van der Waals surface area (Å²) in [5.41, 5.74) is 0.922. The Morgan fingerprint density at radius 3 is 2.64 bits per heavy atom. The van der Waals surface area contributed by atoms with Crippen molar-refractivity contribution in [2.24, 2.45) is 5.92 Å². The van der Waals surface area contributed by atoms with Crippen molar-refractivity contribution >= 4 is 32.6 Å². The lowest BCUT2D eigenvalue weighted by Gasteiger charge is -2.35. The first-order valence-electron chi connectivity index (χ1n) is 7.57. The minimum Gasteiger partial charge on any atom is -0.494 e. The number of hydrogen-bond acceptors (Lipinski definition) is 5. The maximum atomic E-state index is 12.0. The van der Waals surface area contributed by atoms with E-state index in [1.165, 1.54) is 0 Å². The van der Waals surface area contributed by atoms with Gasteiger partial charge in [-0.15, -0.1) is 0 Å². The van der Waals surface area contributed by atoms with Crippen LogP contribution in [0.25, 0.3) is 10.2 Å². The Hall–Kier alpha value is -1.82. The summed E-state index contributed by atoms with van der Waals surface area (Å²) in [5.74, 6) is 1.12. The molecule has 0 spiro atoms. The van der Waals surface area contributed by atoms with Crippen molar-refractivity contribution in [3.05, 3.63) is 18.2 Å². The molecule has 22 heavy (non-hydrogen) atoms. The van der Waals surface area contributed by atoms with Gasteiger partial charge in [0.05, 0.1) is 11.8 Å². The fraction of sp³-hybridized carbons (Fsp3) is 0.500. The maximum absolute atomic E-state index is 12.0. The lowest BCUT2D eigenvalue weighted by molar-refractivity contribution is -0.134. The van der Waals surface area contributed by atoms with Crippen molar-refractivity contribution in [2.45, 2.75) is 13.8 Å². The van der Waals surface area contributed by atoms with Crippen LogP contribution in [0.15, 0.2) is 18.2 Å². The Bertz CT molecular complexity index is 675. The van der Waals surface area contributed by atoms with Crippen LogP contribution in [0, 0.1) is 5.92 Å². The summed E-state index contributed by atoms with van der Waals surface area (Å²) in [7, 11) is 1.67. The number of methoxy groups -OCH3 is 1. The molecule has 3 rings (SSSR count). The number of hydrogen-bond donors (Lipinski definition) is 0. The molecule has 0 atom stereocenters. The molecule has 1 fully saturated rings. The lowest BCUT2D eigenvalue weighted by atomic mass is 10.2. The first-order chi connectivity index (χ1) is 10.6. The molecule has 0 bridgehead atoms. The number of thiazole rings is 1. The van der Waals surface area contributed by atoms with Gasteiger partial charge in [0.25, 0.3) is 0 Å². The van der Waals surface area contributed by atoms with Gasteiger partial charge in [-0.1, -0.05) is 31.3 Å². The number of ether oxygens (including phenoxy) is 1. The van der Waals surface area contributed by atoms with Crippen molar-refractivity contribution in [1.29, 1.82) is 0 Å². The number of carbonyl (C=O) groups excluding carboxylic acids is 1. The van der Waals surface area contributed by atoms with E-state index in [0.29, 0.717) is 0 Å². The van der Waals surface area contributed by atoms with Gasteiger partial charge in [-0.25, -0.2) is 4.98 Å². The van der Waals surface area contributed by atoms with E-state index in [2.05, 4.69) is 11.0 Å².